The van der Waals surface area contributed by atoms with Crippen molar-refractivity contribution in [2.45, 2.75) is 6.30 Å². The van der Waals surface area contributed by atoms with Crippen LogP contribution in [-0.4, -0.2) is 34.9 Å². The molecule has 1 aliphatic rings. The van der Waals surface area contributed by atoms with Crippen molar-refractivity contribution in [2.24, 2.45) is 4.99 Å². The number of amides is 1. The first-order chi connectivity index (χ1) is 11.0. The number of hydrogen-bond donors (Lipinski definition) is 0. The summed E-state index contributed by atoms with van der Waals surface area (Å²) in [6.45, 7) is 0. The number of likely N-dealkylation sites (N-methyl/N-ethyl adjacent to an activating group) is 1. The number of rotatable bonds is 2. The summed E-state index contributed by atoms with van der Waals surface area (Å²) in [5.41, 5.74) is 1.12. The van der Waals surface area contributed by atoms with Crippen molar-refractivity contribution in [1.29, 1.82) is 0 Å². The Labute approximate surface area is 130 Å². The van der Waals surface area contributed by atoms with Crippen LogP contribution >= 0.6 is 0 Å². The van der Waals surface area contributed by atoms with Gasteiger partial charge in [0.25, 0.3) is 17.9 Å². The van der Waals surface area contributed by atoms with Crippen LogP contribution in [0.3, 0.4) is 0 Å². The highest BCUT2D eigenvalue weighted by molar-refractivity contribution is 6.20. The molecule has 23 heavy (non-hydrogen) atoms. The van der Waals surface area contributed by atoms with Gasteiger partial charge in [-0.2, -0.15) is 0 Å². The number of benzene rings is 1. The van der Waals surface area contributed by atoms with Gasteiger partial charge in [0.15, 0.2) is 0 Å². The summed E-state index contributed by atoms with van der Waals surface area (Å²) < 4.78 is 14.1. The van der Waals surface area contributed by atoms with E-state index >= 15 is 0 Å². The Morgan fingerprint density at radius 2 is 2.13 bits per heavy atom. The summed E-state index contributed by atoms with van der Waals surface area (Å²) in [7, 11) is 1.40. The van der Waals surface area contributed by atoms with Gasteiger partial charge in [0.05, 0.1) is 16.3 Å². The van der Waals surface area contributed by atoms with Gasteiger partial charge >= 0.3 is 0 Å². The second-order valence-corrected chi connectivity index (χ2v) is 4.91. The van der Waals surface area contributed by atoms with Gasteiger partial charge in [0, 0.05) is 42.7 Å². The molecule has 1 atom stereocenters. The fraction of sp³-hybridized carbons (Fsp3) is 0.133. The maximum atomic E-state index is 14.1. The Morgan fingerprint density at radius 3 is 2.78 bits per heavy atom. The van der Waals surface area contributed by atoms with E-state index in [1.165, 1.54) is 31.4 Å². The highest BCUT2D eigenvalue weighted by atomic mass is 19.1. The molecule has 0 spiro atoms. The highest BCUT2D eigenvalue weighted by Gasteiger charge is 2.30. The molecule has 1 aromatic carbocycles. The third-order valence-electron chi connectivity index (χ3n) is 3.52. The number of anilines is 1. The molecule has 1 unspecified atom stereocenters. The van der Waals surface area contributed by atoms with Crippen LogP contribution in [0.15, 0.2) is 47.7 Å². The first-order valence-electron chi connectivity index (χ1n) is 6.67. The van der Waals surface area contributed by atoms with Gasteiger partial charge in [-0.1, -0.05) is 0 Å². The number of nitro groups is 1. The number of halogens is 1. The molecule has 116 valence electrons. The van der Waals surface area contributed by atoms with Gasteiger partial charge in [-0.3, -0.25) is 19.9 Å². The summed E-state index contributed by atoms with van der Waals surface area (Å²) in [4.78, 5) is 31.3. The number of carbonyl (C=O) groups excluding carboxylic acids is 1. The topological polar surface area (TPSA) is 88.7 Å². The lowest BCUT2D eigenvalue weighted by Gasteiger charge is -2.17. The maximum Gasteiger partial charge on any atom is 0.284 e. The van der Waals surface area contributed by atoms with Gasteiger partial charge in [-0.25, -0.2) is 9.38 Å². The molecular formula is C15H11FN4O3. The lowest BCUT2D eigenvalue weighted by atomic mass is 10.0. The number of carbonyl (C=O) groups is 1. The zero-order valence-electron chi connectivity index (χ0n) is 12.0. The number of nitro benzene ring substituents is 1. The molecule has 0 aliphatic carbocycles. The molecule has 7 nitrogen and oxygen atoms in total. The number of fused-ring (bicyclic) bond motifs is 1. The monoisotopic (exact) mass is 314 g/mol. The number of pyridine rings is 1. The van der Waals surface area contributed by atoms with Crippen LogP contribution in [0.1, 0.15) is 11.1 Å². The minimum atomic E-state index is -2.08. The molecule has 0 saturated heterocycles. The summed E-state index contributed by atoms with van der Waals surface area (Å²) in [6.07, 6.45) is 0.921. The largest absolute Gasteiger partial charge is 0.311 e. The lowest BCUT2D eigenvalue weighted by molar-refractivity contribution is -0.384. The predicted molar refractivity (Wildman–Crippen MR) is 81.3 cm³/mol. The van der Waals surface area contributed by atoms with E-state index in [1.54, 1.807) is 18.3 Å². The Kier molecular flexibility index (Phi) is 3.57. The first kappa shape index (κ1) is 14.8. The van der Waals surface area contributed by atoms with Gasteiger partial charge in [0.1, 0.15) is 0 Å². The molecule has 3 rings (SSSR count). The van der Waals surface area contributed by atoms with Crippen molar-refractivity contribution < 1.29 is 14.1 Å². The quantitative estimate of drug-likeness (QED) is 0.482. The van der Waals surface area contributed by atoms with Gasteiger partial charge in [-0.05, 0) is 18.2 Å². The Hall–Kier alpha value is -3.16. The maximum absolute atomic E-state index is 14.1. The third-order valence-corrected chi connectivity index (χ3v) is 3.52. The minimum Gasteiger partial charge on any atom is -0.311 e. The Balaban J connectivity index is 2.28. The number of non-ortho nitro benzene ring substituents is 1. The van der Waals surface area contributed by atoms with Crippen LogP contribution in [0.5, 0.6) is 0 Å². The third kappa shape index (κ3) is 2.54. The van der Waals surface area contributed by atoms with E-state index in [9.17, 15) is 19.3 Å². The van der Waals surface area contributed by atoms with E-state index in [0.717, 1.165) is 4.90 Å². The second kappa shape index (κ2) is 5.56. The van der Waals surface area contributed by atoms with Crippen LogP contribution < -0.4 is 4.90 Å². The summed E-state index contributed by atoms with van der Waals surface area (Å²) in [5.74, 6) is -0.834. The molecule has 0 radical (unpaired) electrons. The average molecular weight is 314 g/mol. The molecule has 0 saturated carbocycles. The van der Waals surface area contributed by atoms with Crippen LogP contribution in [0.4, 0.5) is 15.8 Å². The smallest absolute Gasteiger partial charge is 0.284 e. The SMILES string of the molecule is CN1C(=O)C(F)N=C(c2cccnc2)c2cc([N+](=O)[O-])ccc21. The van der Waals surface area contributed by atoms with E-state index in [2.05, 4.69) is 9.98 Å². The molecule has 0 fully saturated rings. The van der Waals surface area contributed by atoms with E-state index in [1.807, 2.05) is 0 Å². The van der Waals surface area contributed by atoms with Gasteiger partial charge in [-0.15, -0.1) is 0 Å². The highest BCUT2D eigenvalue weighted by Crippen LogP contribution is 2.30. The summed E-state index contributed by atoms with van der Waals surface area (Å²) in [6, 6.07) is 7.25. The van der Waals surface area contributed by atoms with Gasteiger partial charge < -0.3 is 4.90 Å². The number of aromatic nitrogens is 1. The molecule has 0 N–H and O–H groups in total. The van der Waals surface area contributed by atoms with E-state index in [4.69, 9.17) is 0 Å². The molecule has 0 bridgehead atoms. The number of alkyl halides is 1. The van der Waals surface area contributed by atoms with Crippen LogP contribution in [-0.2, 0) is 4.79 Å². The molecular weight excluding hydrogens is 303 g/mol. The number of benzodiazepines with no additional fused rings is 1. The Bertz CT molecular complexity index is 823. The van der Waals surface area contributed by atoms with Crippen molar-refractivity contribution in [2.75, 3.05) is 11.9 Å². The molecule has 1 aromatic heterocycles. The predicted octanol–water partition coefficient (Wildman–Crippen LogP) is 2.10. The molecule has 1 aliphatic heterocycles. The fourth-order valence-electron chi connectivity index (χ4n) is 2.37. The molecule has 2 aromatic rings. The fourth-order valence-corrected chi connectivity index (χ4v) is 2.37. The number of hydrogen-bond acceptors (Lipinski definition) is 5. The normalized spacial score (nSPS) is 17.3. The number of aliphatic imine (C=N–C) groups is 1. The minimum absolute atomic E-state index is 0.155. The van der Waals surface area contributed by atoms with E-state index in [0.29, 0.717) is 16.8 Å². The summed E-state index contributed by atoms with van der Waals surface area (Å²) in [5, 5.41) is 11.0. The van der Waals surface area contributed by atoms with E-state index in [-0.39, 0.29) is 11.4 Å². The first-order valence-corrected chi connectivity index (χ1v) is 6.67. The molecule has 2 heterocycles. The van der Waals surface area contributed by atoms with Crippen molar-refractivity contribution in [1.82, 2.24) is 4.98 Å². The number of nitrogens with zero attached hydrogens (tertiary/aromatic N) is 4. The van der Waals surface area contributed by atoms with Crippen molar-refractivity contribution in [3.63, 3.8) is 0 Å². The van der Waals surface area contributed by atoms with Crippen LogP contribution in [0.25, 0.3) is 0 Å². The summed E-state index contributed by atoms with van der Waals surface area (Å²) >= 11 is 0. The Morgan fingerprint density at radius 1 is 1.35 bits per heavy atom. The second-order valence-electron chi connectivity index (χ2n) is 4.91. The van der Waals surface area contributed by atoms with E-state index < -0.39 is 17.1 Å². The molecule has 1 amide bonds. The standard InChI is InChI=1S/C15H11FN4O3/c1-19-12-5-4-10(20(22)23)7-11(12)13(18-14(16)15(19)21)9-3-2-6-17-8-9/h2-8,14H,1H3. The zero-order chi connectivity index (χ0) is 16.6. The van der Waals surface area contributed by atoms with Crippen LogP contribution in [0.2, 0.25) is 0 Å². The molecule has 8 heteroatoms. The van der Waals surface area contributed by atoms with Crippen LogP contribution in [0, 0.1) is 10.1 Å². The zero-order valence-corrected chi connectivity index (χ0v) is 12.0. The average Bonchev–Trinajstić information content (AvgIpc) is 2.66. The van der Waals surface area contributed by atoms with Crippen molar-refractivity contribution >= 4 is 23.0 Å². The van der Waals surface area contributed by atoms with Gasteiger partial charge in [0.2, 0.25) is 0 Å². The lowest BCUT2D eigenvalue weighted by Crippen LogP contribution is -2.32. The van der Waals surface area contributed by atoms with Crippen molar-refractivity contribution in [3.8, 4) is 0 Å². The van der Waals surface area contributed by atoms with Crippen molar-refractivity contribution in [3.05, 3.63) is 64.0 Å².